The second-order valence-corrected chi connectivity index (χ2v) is 16.0. The highest BCUT2D eigenvalue weighted by molar-refractivity contribution is 6.09. The van der Waals surface area contributed by atoms with Crippen molar-refractivity contribution in [1.82, 2.24) is 9.97 Å². The molecule has 0 bridgehead atoms. The molecule has 12 rings (SSSR count). The number of fused-ring (bicyclic) bond motifs is 6. The Kier molecular flexibility index (Phi) is 8.39. The summed E-state index contributed by atoms with van der Waals surface area (Å²) in [5, 5.41) is 2.22. The van der Waals surface area contributed by atoms with Gasteiger partial charge in [0.25, 0.3) is 0 Å². The van der Waals surface area contributed by atoms with E-state index in [0.717, 1.165) is 66.7 Å². The standard InChI is InChI=1S/C59H38N2O/c1-4-19-39(20-5-1)58-60-53(41-22-16-21-40(37-41)44-31-17-33-49-47-29-13-15-36-55(47)62-57(44)49)38-54(61-58)46-28-11-10-27-45(46)48-32-18-35-52-56(48)50-30-12-14-34-51(50)59(52,42-23-6-2-7-24-42)43-25-8-3-9-26-43/h1-38H. The fourth-order valence-electron chi connectivity index (χ4n) is 9.93. The number of nitrogens with zero attached hydrogens (tertiary/aromatic N) is 2. The molecule has 0 spiro atoms. The quantitative estimate of drug-likeness (QED) is 0.161. The summed E-state index contributed by atoms with van der Waals surface area (Å²) in [5.74, 6) is 0.675. The highest BCUT2D eigenvalue weighted by atomic mass is 16.3. The first kappa shape index (κ1) is 35.8. The van der Waals surface area contributed by atoms with Crippen molar-refractivity contribution in [2.75, 3.05) is 0 Å². The molecule has 1 aliphatic rings. The van der Waals surface area contributed by atoms with Crippen LogP contribution in [0, 0.1) is 0 Å². The van der Waals surface area contributed by atoms with E-state index in [1.54, 1.807) is 0 Å². The lowest BCUT2D eigenvalue weighted by atomic mass is 9.67. The largest absolute Gasteiger partial charge is 0.455 e. The molecule has 9 aromatic carbocycles. The summed E-state index contributed by atoms with van der Waals surface area (Å²) in [6.45, 7) is 0. The first-order chi connectivity index (χ1) is 30.8. The Morgan fingerprint density at radius 1 is 0.339 bits per heavy atom. The maximum Gasteiger partial charge on any atom is 0.160 e. The molecule has 1 aliphatic carbocycles. The van der Waals surface area contributed by atoms with Crippen LogP contribution < -0.4 is 0 Å². The highest BCUT2D eigenvalue weighted by Crippen LogP contribution is 2.58. The highest BCUT2D eigenvalue weighted by Gasteiger charge is 2.46. The van der Waals surface area contributed by atoms with Gasteiger partial charge < -0.3 is 4.42 Å². The van der Waals surface area contributed by atoms with Gasteiger partial charge in [-0.3, -0.25) is 0 Å². The van der Waals surface area contributed by atoms with Gasteiger partial charge in [-0.15, -0.1) is 0 Å². The van der Waals surface area contributed by atoms with Crippen molar-refractivity contribution in [2.45, 2.75) is 5.41 Å². The van der Waals surface area contributed by atoms with Gasteiger partial charge in [-0.2, -0.15) is 0 Å². The number of hydrogen-bond acceptors (Lipinski definition) is 3. The molecule has 0 unspecified atom stereocenters. The van der Waals surface area contributed by atoms with Crippen LogP contribution in [0.5, 0.6) is 0 Å². The van der Waals surface area contributed by atoms with Crippen molar-refractivity contribution in [3.63, 3.8) is 0 Å². The lowest BCUT2D eigenvalue weighted by Crippen LogP contribution is -2.28. The van der Waals surface area contributed by atoms with Crippen LogP contribution in [-0.4, -0.2) is 9.97 Å². The van der Waals surface area contributed by atoms with Crippen molar-refractivity contribution in [3.05, 3.63) is 253 Å². The molecule has 0 aliphatic heterocycles. The molecule has 0 N–H and O–H groups in total. The number of aromatic nitrogens is 2. The molecule has 0 atom stereocenters. The fourth-order valence-corrected chi connectivity index (χ4v) is 9.93. The molecule has 0 saturated carbocycles. The smallest absolute Gasteiger partial charge is 0.160 e. The minimum Gasteiger partial charge on any atom is -0.455 e. The minimum absolute atomic E-state index is 0.500. The van der Waals surface area contributed by atoms with Gasteiger partial charge in [-0.1, -0.05) is 212 Å². The van der Waals surface area contributed by atoms with Crippen LogP contribution in [0.4, 0.5) is 0 Å². The Hall–Kier alpha value is -8.14. The molecule has 0 saturated heterocycles. The molecule has 3 heteroatoms. The lowest BCUT2D eigenvalue weighted by Gasteiger charge is -2.34. The number of hydrogen-bond donors (Lipinski definition) is 0. The molecule has 11 aromatic rings. The van der Waals surface area contributed by atoms with E-state index in [1.165, 1.54) is 38.9 Å². The molecule has 2 aromatic heterocycles. The maximum atomic E-state index is 6.48. The molecule has 0 radical (unpaired) electrons. The summed E-state index contributed by atoms with van der Waals surface area (Å²) in [4.78, 5) is 10.6. The molecule has 3 nitrogen and oxygen atoms in total. The average Bonchev–Trinajstić information content (AvgIpc) is 3.89. The Bertz CT molecular complexity index is 3420. The van der Waals surface area contributed by atoms with Crippen LogP contribution in [0.2, 0.25) is 0 Å². The number of para-hydroxylation sites is 2. The summed E-state index contributed by atoms with van der Waals surface area (Å²) in [6, 6.07) is 82.2. The summed E-state index contributed by atoms with van der Waals surface area (Å²) in [6.07, 6.45) is 0. The Morgan fingerprint density at radius 3 is 1.66 bits per heavy atom. The summed E-state index contributed by atoms with van der Waals surface area (Å²) < 4.78 is 6.48. The molecular weight excluding hydrogens is 753 g/mol. The van der Waals surface area contributed by atoms with Gasteiger partial charge in [0.15, 0.2) is 5.82 Å². The second-order valence-electron chi connectivity index (χ2n) is 16.0. The Labute approximate surface area is 360 Å². The summed E-state index contributed by atoms with van der Waals surface area (Å²) >= 11 is 0. The SMILES string of the molecule is c1ccc(-c2nc(-c3cccc(-c4cccc5c4oc4ccccc45)c3)cc(-c3ccccc3-c3cccc4c3-c3ccccc3C4(c3ccccc3)c3ccccc3)n2)cc1. The fraction of sp³-hybridized carbons (Fsp3) is 0.0169. The van der Waals surface area contributed by atoms with E-state index >= 15 is 0 Å². The first-order valence-corrected chi connectivity index (χ1v) is 21.2. The van der Waals surface area contributed by atoms with E-state index in [1.807, 2.05) is 30.3 Å². The molecule has 2 heterocycles. The van der Waals surface area contributed by atoms with Gasteiger partial charge in [-0.05, 0) is 68.3 Å². The monoisotopic (exact) mass is 790 g/mol. The Balaban J connectivity index is 1.06. The molecule has 0 fully saturated rings. The zero-order valence-electron chi connectivity index (χ0n) is 33.7. The molecule has 0 amide bonds. The van der Waals surface area contributed by atoms with E-state index < -0.39 is 5.41 Å². The average molecular weight is 791 g/mol. The van der Waals surface area contributed by atoms with Crippen LogP contribution in [0.15, 0.2) is 235 Å². The van der Waals surface area contributed by atoms with E-state index in [-0.39, 0.29) is 0 Å². The van der Waals surface area contributed by atoms with E-state index in [0.29, 0.717) is 5.82 Å². The molecule has 290 valence electrons. The normalized spacial score (nSPS) is 12.6. The first-order valence-electron chi connectivity index (χ1n) is 21.2. The van der Waals surface area contributed by atoms with Crippen molar-refractivity contribution >= 4 is 21.9 Å². The predicted octanol–water partition coefficient (Wildman–Crippen LogP) is 15.1. The van der Waals surface area contributed by atoms with E-state index in [4.69, 9.17) is 14.4 Å². The lowest BCUT2D eigenvalue weighted by molar-refractivity contribution is 0.670. The molecule has 62 heavy (non-hydrogen) atoms. The van der Waals surface area contributed by atoms with Crippen LogP contribution in [-0.2, 0) is 5.41 Å². The van der Waals surface area contributed by atoms with E-state index in [9.17, 15) is 0 Å². The van der Waals surface area contributed by atoms with Crippen molar-refractivity contribution in [2.24, 2.45) is 0 Å². The molecular formula is C59H38N2O. The third kappa shape index (κ3) is 5.59. The van der Waals surface area contributed by atoms with Crippen molar-refractivity contribution in [1.29, 1.82) is 0 Å². The predicted molar refractivity (Wildman–Crippen MR) is 254 cm³/mol. The summed E-state index contributed by atoms with van der Waals surface area (Å²) in [5.41, 5.74) is 17.9. The van der Waals surface area contributed by atoms with Crippen LogP contribution in [0.3, 0.4) is 0 Å². The van der Waals surface area contributed by atoms with Gasteiger partial charge in [0.05, 0.1) is 16.8 Å². The van der Waals surface area contributed by atoms with E-state index in [2.05, 4.69) is 200 Å². The maximum absolute atomic E-state index is 6.48. The van der Waals surface area contributed by atoms with Crippen LogP contribution >= 0.6 is 0 Å². The van der Waals surface area contributed by atoms with Crippen molar-refractivity contribution < 1.29 is 4.42 Å². The zero-order valence-corrected chi connectivity index (χ0v) is 33.7. The number of rotatable bonds is 7. The summed E-state index contributed by atoms with van der Waals surface area (Å²) in [7, 11) is 0. The van der Waals surface area contributed by atoms with Gasteiger partial charge in [0.2, 0.25) is 0 Å². The van der Waals surface area contributed by atoms with Gasteiger partial charge >= 0.3 is 0 Å². The minimum atomic E-state index is -0.500. The second kappa shape index (κ2) is 14.5. The van der Waals surface area contributed by atoms with Crippen LogP contribution in [0.25, 0.3) is 89.2 Å². The van der Waals surface area contributed by atoms with Crippen LogP contribution in [0.1, 0.15) is 22.3 Å². The van der Waals surface area contributed by atoms with Gasteiger partial charge in [0.1, 0.15) is 11.2 Å². The van der Waals surface area contributed by atoms with Gasteiger partial charge in [-0.25, -0.2) is 9.97 Å². The Morgan fingerprint density at radius 2 is 0.871 bits per heavy atom. The third-order valence-corrected chi connectivity index (χ3v) is 12.6. The zero-order chi connectivity index (χ0) is 41.0. The third-order valence-electron chi connectivity index (χ3n) is 12.6. The van der Waals surface area contributed by atoms with Crippen molar-refractivity contribution in [3.8, 4) is 67.3 Å². The topological polar surface area (TPSA) is 38.9 Å². The van der Waals surface area contributed by atoms with Gasteiger partial charge in [0, 0.05) is 33.0 Å². The number of benzene rings is 9. The number of furan rings is 1.